The van der Waals surface area contributed by atoms with Crippen LogP contribution in [-0.2, 0) is 0 Å². The molecule has 0 aliphatic heterocycles. The number of fused-ring (bicyclic) bond motifs is 1. The van der Waals surface area contributed by atoms with Crippen molar-refractivity contribution in [1.29, 1.82) is 0 Å². The molecule has 0 aromatic rings. The van der Waals surface area contributed by atoms with E-state index in [-0.39, 0.29) is 6.10 Å². The third-order valence-electron chi connectivity index (χ3n) is 3.60. The maximum atomic E-state index is 9.52. The molecule has 0 unspecified atom stereocenters. The lowest BCUT2D eigenvalue weighted by molar-refractivity contribution is 0.0919. The van der Waals surface area contributed by atoms with Crippen molar-refractivity contribution in [2.45, 2.75) is 45.1 Å². The molecule has 0 bridgehead atoms. The zero-order valence-corrected chi connectivity index (χ0v) is 6.64. The van der Waals surface area contributed by atoms with E-state index in [2.05, 4.69) is 6.92 Å². The molecule has 2 rings (SSSR count). The van der Waals surface area contributed by atoms with Gasteiger partial charge in [0.25, 0.3) is 0 Å². The molecule has 2 aliphatic carbocycles. The molecule has 3 atom stereocenters. The maximum absolute atomic E-state index is 9.52. The standard InChI is InChI=1S/C9H16O/c1-2-9-5-3-4-8(10)7(9)6-9/h7-8,10H,2-6H2,1H3/t7-,8-,9-/m1/s1. The van der Waals surface area contributed by atoms with Crippen LogP contribution in [0.1, 0.15) is 39.0 Å². The van der Waals surface area contributed by atoms with Crippen LogP contribution in [0.25, 0.3) is 0 Å². The van der Waals surface area contributed by atoms with E-state index >= 15 is 0 Å². The van der Waals surface area contributed by atoms with Crippen molar-refractivity contribution in [2.24, 2.45) is 11.3 Å². The van der Waals surface area contributed by atoms with Gasteiger partial charge in [-0.05, 0) is 30.6 Å². The third-order valence-corrected chi connectivity index (χ3v) is 3.60. The lowest BCUT2D eigenvalue weighted by Gasteiger charge is -2.23. The molecule has 0 radical (unpaired) electrons. The van der Waals surface area contributed by atoms with Gasteiger partial charge in [-0.15, -0.1) is 0 Å². The second-order valence-corrected chi connectivity index (χ2v) is 3.99. The first-order chi connectivity index (χ1) is 4.78. The van der Waals surface area contributed by atoms with Crippen LogP contribution in [0, 0.1) is 11.3 Å². The third kappa shape index (κ3) is 0.731. The van der Waals surface area contributed by atoms with Crippen LogP contribution in [0.2, 0.25) is 0 Å². The molecule has 0 aromatic heterocycles. The smallest absolute Gasteiger partial charge is 0.0573 e. The minimum Gasteiger partial charge on any atom is -0.393 e. The molecule has 1 N–H and O–H groups in total. The molecular weight excluding hydrogens is 124 g/mol. The van der Waals surface area contributed by atoms with Gasteiger partial charge in [0.15, 0.2) is 0 Å². The second kappa shape index (κ2) is 1.97. The van der Waals surface area contributed by atoms with Gasteiger partial charge >= 0.3 is 0 Å². The molecule has 0 amide bonds. The highest BCUT2D eigenvalue weighted by molar-refractivity contribution is 5.06. The number of rotatable bonds is 1. The zero-order valence-electron chi connectivity index (χ0n) is 6.64. The Labute approximate surface area is 62.4 Å². The van der Waals surface area contributed by atoms with Gasteiger partial charge in [0, 0.05) is 0 Å². The Bertz CT molecular complexity index is 144. The lowest BCUT2D eigenvalue weighted by atomic mass is 9.85. The summed E-state index contributed by atoms with van der Waals surface area (Å²) in [6, 6.07) is 0. The number of aliphatic hydroxyl groups is 1. The molecule has 2 saturated carbocycles. The van der Waals surface area contributed by atoms with E-state index in [0.29, 0.717) is 11.3 Å². The van der Waals surface area contributed by atoms with E-state index in [1.807, 2.05) is 0 Å². The van der Waals surface area contributed by atoms with Crippen LogP contribution in [-0.4, -0.2) is 11.2 Å². The highest BCUT2D eigenvalue weighted by Crippen LogP contribution is 2.63. The van der Waals surface area contributed by atoms with Gasteiger partial charge in [-0.25, -0.2) is 0 Å². The minimum absolute atomic E-state index is 0.0497. The molecule has 2 fully saturated rings. The molecule has 0 aromatic carbocycles. The number of hydrogen-bond donors (Lipinski definition) is 1. The van der Waals surface area contributed by atoms with E-state index in [1.165, 1.54) is 25.7 Å². The Balaban J connectivity index is 2.05. The predicted octanol–water partition coefficient (Wildman–Crippen LogP) is 1.95. The summed E-state index contributed by atoms with van der Waals surface area (Å²) in [5.41, 5.74) is 0.609. The van der Waals surface area contributed by atoms with Crippen LogP contribution < -0.4 is 0 Å². The summed E-state index contributed by atoms with van der Waals surface area (Å²) in [4.78, 5) is 0. The fourth-order valence-corrected chi connectivity index (χ4v) is 2.66. The second-order valence-electron chi connectivity index (χ2n) is 3.99. The highest BCUT2D eigenvalue weighted by Gasteiger charge is 2.56. The van der Waals surface area contributed by atoms with Crippen LogP contribution in [0.3, 0.4) is 0 Å². The van der Waals surface area contributed by atoms with Crippen molar-refractivity contribution in [3.8, 4) is 0 Å². The van der Waals surface area contributed by atoms with Gasteiger partial charge in [-0.3, -0.25) is 0 Å². The molecule has 0 spiro atoms. The Morgan fingerprint density at radius 3 is 3.00 bits per heavy atom. The Morgan fingerprint density at radius 1 is 1.60 bits per heavy atom. The van der Waals surface area contributed by atoms with Crippen molar-refractivity contribution in [1.82, 2.24) is 0 Å². The van der Waals surface area contributed by atoms with E-state index in [0.717, 1.165) is 6.42 Å². The SMILES string of the molecule is CC[C@]12CCC[C@@H](O)[C@H]1C2. The summed E-state index contributed by atoms with van der Waals surface area (Å²) < 4.78 is 0. The zero-order chi connectivity index (χ0) is 7.19. The number of aliphatic hydroxyl groups excluding tert-OH is 1. The van der Waals surface area contributed by atoms with Gasteiger partial charge in [0.2, 0.25) is 0 Å². The first-order valence-electron chi connectivity index (χ1n) is 4.46. The van der Waals surface area contributed by atoms with Crippen molar-refractivity contribution >= 4 is 0 Å². The summed E-state index contributed by atoms with van der Waals surface area (Å²) >= 11 is 0. The quantitative estimate of drug-likeness (QED) is 0.590. The monoisotopic (exact) mass is 140 g/mol. The minimum atomic E-state index is 0.0497. The van der Waals surface area contributed by atoms with Crippen molar-refractivity contribution < 1.29 is 5.11 Å². The van der Waals surface area contributed by atoms with Gasteiger partial charge < -0.3 is 5.11 Å². The first-order valence-corrected chi connectivity index (χ1v) is 4.46. The largest absolute Gasteiger partial charge is 0.393 e. The topological polar surface area (TPSA) is 20.2 Å². The van der Waals surface area contributed by atoms with Gasteiger partial charge in [0.1, 0.15) is 0 Å². The Hall–Kier alpha value is -0.0400. The van der Waals surface area contributed by atoms with E-state index in [1.54, 1.807) is 0 Å². The van der Waals surface area contributed by atoms with E-state index in [4.69, 9.17) is 0 Å². The van der Waals surface area contributed by atoms with Crippen molar-refractivity contribution in [3.63, 3.8) is 0 Å². The van der Waals surface area contributed by atoms with E-state index in [9.17, 15) is 5.11 Å². The Morgan fingerprint density at radius 2 is 2.40 bits per heavy atom. The lowest BCUT2D eigenvalue weighted by Crippen LogP contribution is -2.20. The molecule has 2 aliphatic rings. The fourth-order valence-electron chi connectivity index (χ4n) is 2.66. The summed E-state index contributed by atoms with van der Waals surface area (Å²) in [6.07, 6.45) is 6.34. The Kier molecular flexibility index (Phi) is 1.31. The molecular formula is C9H16O. The molecule has 0 saturated heterocycles. The van der Waals surface area contributed by atoms with Crippen molar-refractivity contribution in [2.75, 3.05) is 0 Å². The molecule has 0 heterocycles. The predicted molar refractivity (Wildman–Crippen MR) is 40.7 cm³/mol. The maximum Gasteiger partial charge on any atom is 0.0573 e. The van der Waals surface area contributed by atoms with Crippen LogP contribution in [0.15, 0.2) is 0 Å². The molecule has 1 heteroatoms. The van der Waals surface area contributed by atoms with Crippen molar-refractivity contribution in [3.05, 3.63) is 0 Å². The average Bonchev–Trinajstić information content (AvgIpc) is 2.65. The highest BCUT2D eigenvalue weighted by atomic mass is 16.3. The van der Waals surface area contributed by atoms with Gasteiger partial charge in [-0.2, -0.15) is 0 Å². The molecule has 1 nitrogen and oxygen atoms in total. The molecule has 58 valence electrons. The van der Waals surface area contributed by atoms with Gasteiger partial charge in [-0.1, -0.05) is 19.8 Å². The summed E-state index contributed by atoms with van der Waals surface area (Å²) in [7, 11) is 0. The number of hydrogen-bond acceptors (Lipinski definition) is 1. The van der Waals surface area contributed by atoms with Crippen LogP contribution in [0.5, 0.6) is 0 Å². The average molecular weight is 140 g/mol. The first kappa shape index (κ1) is 6.66. The van der Waals surface area contributed by atoms with Crippen LogP contribution >= 0.6 is 0 Å². The summed E-state index contributed by atoms with van der Waals surface area (Å²) in [5.74, 6) is 0.686. The molecule has 10 heavy (non-hydrogen) atoms. The van der Waals surface area contributed by atoms with E-state index < -0.39 is 0 Å². The van der Waals surface area contributed by atoms with Gasteiger partial charge in [0.05, 0.1) is 6.10 Å². The fraction of sp³-hybridized carbons (Fsp3) is 1.00. The normalized spacial score (nSPS) is 52.2. The summed E-state index contributed by atoms with van der Waals surface area (Å²) in [5, 5.41) is 9.52. The van der Waals surface area contributed by atoms with Crippen LogP contribution in [0.4, 0.5) is 0 Å². The summed E-state index contributed by atoms with van der Waals surface area (Å²) in [6.45, 7) is 2.26.